The normalized spacial score (nSPS) is 13.3. The maximum Gasteiger partial charge on any atom is 0.408 e. The third-order valence-electron chi connectivity index (χ3n) is 7.43. The number of esters is 1. The van der Waals surface area contributed by atoms with Gasteiger partial charge in [-0.05, 0) is 70.2 Å². The Morgan fingerprint density at radius 1 is 0.714 bits per heavy atom. The quantitative estimate of drug-likeness (QED) is 0.150. The first-order chi connectivity index (χ1) is 23.1. The van der Waals surface area contributed by atoms with Crippen LogP contribution in [0.3, 0.4) is 0 Å². The van der Waals surface area contributed by atoms with E-state index in [1.165, 1.54) is 11.0 Å². The monoisotopic (exact) mass is 669 g/mol. The van der Waals surface area contributed by atoms with Crippen LogP contribution in [0.15, 0.2) is 97.6 Å². The second kappa shape index (κ2) is 17.5. The number of amides is 3. The van der Waals surface area contributed by atoms with Gasteiger partial charge in [-0.15, -0.1) is 6.58 Å². The fourth-order valence-corrected chi connectivity index (χ4v) is 5.24. The molecule has 0 aliphatic carbocycles. The van der Waals surface area contributed by atoms with Gasteiger partial charge in [-0.25, -0.2) is 9.59 Å². The van der Waals surface area contributed by atoms with Gasteiger partial charge in [0, 0.05) is 19.4 Å². The van der Waals surface area contributed by atoms with E-state index in [0.717, 1.165) is 23.1 Å². The van der Waals surface area contributed by atoms with Gasteiger partial charge in [0.2, 0.25) is 11.8 Å². The first kappa shape index (κ1) is 38.5. The molecule has 49 heavy (non-hydrogen) atoms. The molecule has 0 saturated heterocycles. The molecule has 0 fully saturated rings. The molecule has 0 spiro atoms. The van der Waals surface area contributed by atoms with Crippen molar-refractivity contribution in [1.29, 1.82) is 0 Å². The predicted molar refractivity (Wildman–Crippen MR) is 192 cm³/mol. The van der Waals surface area contributed by atoms with Crippen LogP contribution < -0.4 is 10.6 Å². The van der Waals surface area contributed by atoms with E-state index in [2.05, 4.69) is 17.2 Å². The minimum Gasteiger partial charge on any atom is -0.458 e. The Morgan fingerprint density at radius 2 is 1.22 bits per heavy atom. The Balaban J connectivity index is 2.09. The van der Waals surface area contributed by atoms with Crippen LogP contribution in [-0.2, 0) is 43.1 Å². The van der Waals surface area contributed by atoms with Gasteiger partial charge in [-0.3, -0.25) is 9.59 Å². The van der Waals surface area contributed by atoms with Crippen molar-refractivity contribution < 1.29 is 28.7 Å². The zero-order valence-corrected chi connectivity index (χ0v) is 29.8. The Kier molecular flexibility index (Phi) is 13.7. The number of hydrogen-bond donors (Lipinski definition) is 2. The lowest BCUT2D eigenvalue weighted by atomic mass is 9.98. The van der Waals surface area contributed by atoms with E-state index in [4.69, 9.17) is 9.47 Å². The van der Waals surface area contributed by atoms with Crippen LogP contribution >= 0.6 is 0 Å². The minimum atomic E-state index is -1.18. The molecule has 0 heterocycles. The second-order valence-electron chi connectivity index (χ2n) is 13.9. The lowest BCUT2D eigenvalue weighted by Crippen LogP contribution is -2.55. The van der Waals surface area contributed by atoms with Crippen LogP contribution in [0.5, 0.6) is 0 Å². The van der Waals surface area contributed by atoms with E-state index in [1.807, 2.05) is 79.7 Å². The maximum atomic E-state index is 14.6. The van der Waals surface area contributed by atoms with Crippen LogP contribution in [0.25, 0.3) is 0 Å². The Morgan fingerprint density at radius 3 is 1.69 bits per heavy atom. The van der Waals surface area contributed by atoms with E-state index in [0.29, 0.717) is 5.56 Å². The number of carbonyl (C=O) groups is 4. The third-order valence-corrected chi connectivity index (χ3v) is 7.43. The minimum absolute atomic E-state index is 0.0243. The number of aryl methyl sites for hydroxylation is 1. The number of carbonyl (C=O) groups excluding carboxylic acids is 4. The summed E-state index contributed by atoms with van der Waals surface area (Å²) in [6.45, 7) is 16.4. The van der Waals surface area contributed by atoms with Gasteiger partial charge in [-0.2, -0.15) is 0 Å². The molecule has 9 heteroatoms. The van der Waals surface area contributed by atoms with Gasteiger partial charge < -0.3 is 25.0 Å². The van der Waals surface area contributed by atoms with Gasteiger partial charge in [0.1, 0.15) is 29.3 Å². The van der Waals surface area contributed by atoms with Crippen LogP contribution in [0.1, 0.15) is 76.8 Å². The number of nitrogens with zero attached hydrogens (tertiary/aromatic N) is 1. The number of benzene rings is 3. The van der Waals surface area contributed by atoms with Gasteiger partial charge in [0.25, 0.3) is 0 Å². The van der Waals surface area contributed by atoms with E-state index in [-0.39, 0.29) is 19.4 Å². The van der Waals surface area contributed by atoms with Crippen molar-refractivity contribution in [2.75, 3.05) is 6.54 Å². The molecule has 9 nitrogen and oxygen atoms in total. The molecule has 262 valence electrons. The lowest BCUT2D eigenvalue weighted by Gasteiger charge is -2.35. The summed E-state index contributed by atoms with van der Waals surface area (Å²) >= 11 is 0. The summed E-state index contributed by atoms with van der Waals surface area (Å²) in [4.78, 5) is 57.1. The topological polar surface area (TPSA) is 114 Å². The molecule has 0 aromatic heterocycles. The van der Waals surface area contributed by atoms with Gasteiger partial charge in [0.15, 0.2) is 0 Å². The molecule has 0 saturated carbocycles. The average Bonchev–Trinajstić information content (AvgIpc) is 3.03. The van der Waals surface area contributed by atoms with Crippen LogP contribution in [0.2, 0.25) is 0 Å². The molecule has 0 aliphatic rings. The molecule has 2 N–H and O–H groups in total. The summed E-state index contributed by atoms with van der Waals surface area (Å²) in [5, 5.41) is 5.66. The third kappa shape index (κ3) is 12.6. The first-order valence-electron chi connectivity index (χ1n) is 16.7. The number of nitrogens with one attached hydrogen (secondary N) is 2. The van der Waals surface area contributed by atoms with Gasteiger partial charge in [0.05, 0.1) is 0 Å². The van der Waals surface area contributed by atoms with Crippen molar-refractivity contribution in [2.24, 2.45) is 0 Å². The zero-order chi connectivity index (χ0) is 36.2. The van der Waals surface area contributed by atoms with Crippen molar-refractivity contribution >= 4 is 23.9 Å². The summed E-state index contributed by atoms with van der Waals surface area (Å²) < 4.78 is 11.2. The molecule has 0 bridgehead atoms. The van der Waals surface area contributed by atoms with Crippen molar-refractivity contribution in [2.45, 2.75) is 97.1 Å². The first-order valence-corrected chi connectivity index (χ1v) is 16.7. The Hall–Kier alpha value is -4.92. The molecule has 0 radical (unpaired) electrons. The highest BCUT2D eigenvalue weighted by Crippen LogP contribution is 2.25. The van der Waals surface area contributed by atoms with Crippen LogP contribution in [0, 0.1) is 0 Å². The predicted octanol–water partition coefficient (Wildman–Crippen LogP) is 6.51. The lowest BCUT2D eigenvalue weighted by molar-refractivity contribution is -0.159. The summed E-state index contributed by atoms with van der Waals surface area (Å²) in [5.41, 5.74) is 1.61. The van der Waals surface area contributed by atoms with E-state index in [1.54, 1.807) is 53.7 Å². The van der Waals surface area contributed by atoms with Crippen molar-refractivity contribution in [3.05, 3.63) is 120 Å². The highest BCUT2D eigenvalue weighted by molar-refractivity contribution is 5.94. The van der Waals surface area contributed by atoms with Crippen LogP contribution in [-0.4, -0.2) is 58.6 Å². The number of rotatable bonds is 14. The van der Waals surface area contributed by atoms with Crippen LogP contribution in [0.4, 0.5) is 4.79 Å². The SMILES string of the molecule is C=CCN(C(=O)C(Cc1ccccc1)NC(=O)OC(C)(C)C)C(C(=O)NC(Cc1ccccc1)C(=O)OC(C)(C)C)c1ccc(CC)cc1. The highest BCUT2D eigenvalue weighted by Gasteiger charge is 2.38. The molecule has 3 amide bonds. The summed E-state index contributed by atoms with van der Waals surface area (Å²) in [6, 6.07) is 22.7. The number of alkyl carbamates (subject to hydrolysis) is 1. The second-order valence-corrected chi connectivity index (χ2v) is 13.9. The average molecular weight is 670 g/mol. The molecule has 3 aromatic rings. The largest absolute Gasteiger partial charge is 0.458 e. The van der Waals surface area contributed by atoms with E-state index < -0.39 is 53.2 Å². The fraction of sp³-hybridized carbons (Fsp3) is 0.400. The molecule has 3 aromatic carbocycles. The Bertz CT molecular complexity index is 1540. The molecular weight excluding hydrogens is 618 g/mol. The Labute approximate surface area is 291 Å². The number of hydrogen-bond acceptors (Lipinski definition) is 6. The van der Waals surface area contributed by atoms with Crippen molar-refractivity contribution in [1.82, 2.24) is 15.5 Å². The van der Waals surface area contributed by atoms with E-state index >= 15 is 0 Å². The molecule has 3 unspecified atom stereocenters. The molecular formula is C40H51N3O6. The van der Waals surface area contributed by atoms with E-state index in [9.17, 15) is 19.2 Å². The highest BCUT2D eigenvalue weighted by atomic mass is 16.6. The summed E-state index contributed by atoms with van der Waals surface area (Å²) in [7, 11) is 0. The smallest absolute Gasteiger partial charge is 0.408 e. The summed E-state index contributed by atoms with van der Waals surface area (Å²) in [5.74, 6) is -1.70. The number of ether oxygens (including phenoxy) is 2. The van der Waals surface area contributed by atoms with Crippen molar-refractivity contribution in [3.8, 4) is 0 Å². The molecule has 0 aliphatic heterocycles. The molecule has 3 rings (SSSR count). The zero-order valence-electron chi connectivity index (χ0n) is 29.8. The van der Waals surface area contributed by atoms with Crippen molar-refractivity contribution in [3.63, 3.8) is 0 Å². The summed E-state index contributed by atoms with van der Waals surface area (Å²) in [6.07, 6.45) is 1.87. The van der Waals surface area contributed by atoms with Gasteiger partial charge in [-0.1, -0.05) is 97.9 Å². The standard InChI is InChI=1S/C40H51N3O6/c1-9-25-43(36(45)32(26-29-17-13-11-14-18-29)42-38(47)49-40(6,7)8)34(31-23-21-28(10-2)22-24-31)35(44)41-33(37(46)48-39(3,4)5)27-30-19-15-12-16-20-30/h9,11-24,32-34H,1,10,25-27H2,2-8H3,(H,41,44)(H,42,47). The maximum absolute atomic E-state index is 14.6. The fourth-order valence-electron chi connectivity index (χ4n) is 5.24. The molecule has 3 atom stereocenters. The van der Waals surface area contributed by atoms with Gasteiger partial charge >= 0.3 is 12.1 Å².